The fraction of sp³-hybridized carbons (Fsp3) is 0.333. The van der Waals surface area contributed by atoms with Gasteiger partial charge in [-0.2, -0.15) is 4.98 Å². The minimum Gasteiger partial charge on any atom is -0.399 e. The summed E-state index contributed by atoms with van der Waals surface area (Å²) in [4.78, 5) is 4.35. The Hall–Kier alpha value is -1.84. The number of hydrogen-bond acceptors (Lipinski definition) is 4. The molecular formula is C12H15N3O. The summed E-state index contributed by atoms with van der Waals surface area (Å²) in [7, 11) is 0. The van der Waals surface area contributed by atoms with Crippen molar-refractivity contribution >= 4 is 5.69 Å². The van der Waals surface area contributed by atoms with Crippen molar-refractivity contribution in [3.05, 3.63) is 29.6 Å². The van der Waals surface area contributed by atoms with Crippen molar-refractivity contribution in [2.24, 2.45) is 0 Å². The minimum atomic E-state index is 0.263. The third-order valence-corrected chi connectivity index (χ3v) is 2.45. The van der Waals surface area contributed by atoms with Crippen molar-refractivity contribution in [1.82, 2.24) is 10.1 Å². The highest BCUT2D eigenvalue weighted by Gasteiger charge is 2.13. The molecule has 0 aliphatic carbocycles. The van der Waals surface area contributed by atoms with Gasteiger partial charge < -0.3 is 10.3 Å². The highest BCUT2D eigenvalue weighted by molar-refractivity contribution is 5.63. The normalized spacial score (nSPS) is 11.0. The fourth-order valence-corrected chi connectivity index (χ4v) is 1.45. The van der Waals surface area contributed by atoms with E-state index in [1.807, 2.05) is 39.0 Å². The number of aryl methyl sites for hydroxylation is 1. The lowest BCUT2D eigenvalue weighted by atomic mass is 10.1. The van der Waals surface area contributed by atoms with Crippen LogP contribution in [0.1, 0.15) is 31.2 Å². The first-order chi connectivity index (χ1) is 7.58. The second-order valence-electron chi connectivity index (χ2n) is 4.19. The lowest BCUT2D eigenvalue weighted by molar-refractivity contribution is 0.419. The maximum Gasteiger partial charge on any atom is 0.258 e. The van der Waals surface area contributed by atoms with E-state index in [1.165, 1.54) is 0 Å². The molecule has 2 rings (SSSR count). The van der Waals surface area contributed by atoms with Gasteiger partial charge in [0.2, 0.25) is 0 Å². The highest BCUT2D eigenvalue weighted by Crippen LogP contribution is 2.25. The highest BCUT2D eigenvalue weighted by atomic mass is 16.5. The number of nitrogens with two attached hydrogens (primary N) is 1. The number of hydrogen-bond donors (Lipinski definition) is 1. The molecule has 0 spiro atoms. The molecule has 0 fully saturated rings. The lowest BCUT2D eigenvalue weighted by Crippen LogP contribution is -1.91. The summed E-state index contributed by atoms with van der Waals surface area (Å²) >= 11 is 0. The molecular weight excluding hydrogens is 202 g/mol. The van der Waals surface area contributed by atoms with Crippen molar-refractivity contribution in [1.29, 1.82) is 0 Å². The van der Waals surface area contributed by atoms with E-state index in [0.717, 1.165) is 17.0 Å². The molecule has 1 aromatic heterocycles. The predicted octanol–water partition coefficient (Wildman–Crippen LogP) is 2.75. The van der Waals surface area contributed by atoms with Gasteiger partial charge >= 0.3 is 0 Å². The van der Waals surface area contributed by atoms with Gasteiger partial charge in [0.25, 0.3) is 5.89 Å². The summed E-state index contributed by atoms with van der Waals surface area (Å²) in [5.41, 5.74) is 8.42. The van der Waals surface area contributed by atoms with E-state index < -0.39 is 0 Å². The average Bonchev–Trinajstić information content (AvgIpc) is 2.70. The van der Waals surface area contributed by atoms with Gasteiger partial charge in [-0.05, 0) is 24.6 Å². The van der Waals surface area contributed by atoms with Crippen LogP contribution in [0.15, 0.2) is 22.7 Å². The van der Waals surface area contributed by atoms with E-state index in [-0.39, 0.29) is 5.92 Å². The van der Waals surface area contributed by atoms with E-state index >= 15 is 0 Å². The summed E-state index contributed by atoms with van der Waals surface area (Å²) in [5, 5.41) is 3.94. The standard InChI is InChI=1S/C12H15N3O/c1-7(2)11-14-12(16-15-11)10-6-9(13)5-4-8(10)3/h4-7H,13H2,1-3H3. The van der Waals surface area contributed by atoms with Crippen LogP contribution in [0.2, 0.25) is 0 Å². The topological polar surface area (TPSA) is 64.9 Å². The van der Waals surface area contributed by atoms with Crippen LogP contribution in [-0.2, 0) is 0 Å². The maximum atomic E-state index is 5.74. The second-order valence-corrected chi connectivity index (χ2v) is 4.19. The molecule has 4 nitrogen and oxygen atoms in total. The first-order valence-electron chi connectivity index (χ1n) is 5.28. The van der Waals surface area contributed by atoms with E-state index in [4.69, 9.17) is 10.3 Å². The van der Waals surface area contributed by atoms with Crippen LogP contribution in [0.5, 0.6) is 0 Å². The Morgan fingerprint density at radius 2 is 2.06 bits per heavy atom. The molecule has 2 N–H and O–H groups in total. The Labute approximate surface area is 94.5 Å². The monoisotopic (exact) mass is 217 g/mol. The number of anilines is 1. The molecule has 84 valence electrons. The predicted molar refractivity (Wildman–Crippen MR) is 63.0 cm³/mol. The molecule has 0 saturated carbocycles. The summed E-state index contributed by atoms with van der Waals surface area (Å²) in [6.45, 7) is 6.05. The second kappa shape index (κ2) is 3.96. The molecule has 4 heteroatoms. The Morgan fingerprint density at radius 1 is 1.31 bits per heavy atom. The molecule has 0 atom stereocenters. The van der Waals surface area contributed by atoms with Gasteiger partial charge in [0.05, 0.1) is 0 Å². The van der Waals surface area contributed by atoms with Gasteiger partial charge in [0, 0.05) is 17.2 Å². The first kappa shape index (κ1) is 10.7. The van der Waals surface area contributed by atoms with E-state index in [1.54, 1.807) is 0 Å². The SMILES string of the molecule is Cc1ccc(N)cc1-c1nc(C(C)C)no1. The summed E-state index contributed by atoms with van der Waals surface area (Å²) < 4.78 is 5.23. The fourth-order valence-electron chi connectivity index (χ4n) is 1.45. The van der Waals surface area contributed by atoms with E-state index in [9.17, 15) is 0 Å². The van der Waals surface area contributed by atoms with Crippen molar-refractivity contribution in [3.63, 3.8) is 0 Å². The Bertz CT molecular complexity index is 503. The third kappa shape index (κ3) is 1.91. The van der Waals surface area contributed by atoms with Crippen LogP contribution in [0.3, 0.4) is 0 Å². The van der Waals surface area contributed by atoms with Crippen LogP contribution in [0, 0.1) is 6.92 Å². The zero-order valence-electron chi connectivity index (χ0n) is 9.69. The summed E-state index contributed by atoms with van der Waals surface area (Å²) in [5.74, 6) is 1.52. The maximum absolute atomic E-state index is 5.74. The van der Waals surface area contributed by atoms with Crippen molar-refractivity contribution in [2.75, 3.05) is 5.73 Å². The van der Waals surface area contributed by atoms with Crippen LogP contribution < -0.4 is 5.73 Å². The summed E-state index contributed by atoms with van der Waals surface area (Å²) in [6.07, 6.45) is 0. The lowest BCUT2D eigenvalue weighted by Gasteiger charge is -2.01. The average molecular weight is 217 g/mol. The van der Waals surface area contributed by atoms with Gasteiger partial charge in [-0.1, -0.05) is 25.1 Å². The molecule has 2 aromatic rings. The van der Waals surface area contributed by atoms with E-state index in [0.29, 0.717) is 11.6 Å². The molecule has 0 aliphatic rings. The van der Waals surface area contributed by atoms with Crippen molar-refractivity contribution in [3.8, 4) is 11.5 Å². The Balaban J connectivity index is 2.46. The quantitative estimate of drug-likeness (QED) is 0.785. The Morgan fingerprint density at radius 3 is 2.69 bits per heavy atom. The van der Waals surface area contributed by atoms with Crippen LogP contribution in [0.4, 0.5) is 5.69 Å². The zero-order chi connectivity index (χ0) is 11.7. The molecule has 0 bridgehead atoms. The van der Waals surface area contributed by atoms with Gasteiger partial charge in [0.15, 0.2) is 5.82 Å². The van der Waals surface area contributed by atoms with Gasteiger partial charge in [-0.3, -0.25) is 0 Å². The molecule has 16 heavy (non-hydrogen) atoms. The third-order valence-electron chi connectivity index (χ3n) is 2.45. The number of nitrogen functional groups attached to an aromatic ring is 1. The first-order valence-corrected chi connectivity index (χ1v) is 5.28. The number of rotatable bonds is 2. The molecule has 1 aromatic carbocycles. The number of nitrogens with zero attached hydrogens (tertiary/aromatic N) is 2. The number of aromatic nitrogens is 2. The van der Waals surface area contributed by atoms with Crippen molar-refractivity contribution in [2.45, 2.75) is 26.7 Å². The minimum absolute atomic E-state index is 0.263. The molecule has 0 aliphatic heterocycles. The molecule has 1 heterocycles. The smallest absolute Gasteiger partial charge is 0.258 e. The van der Waals surface area contributed by atoms with E-state index in [2.05, 4.69) is 10.1 Å². The summed E-state index contributed by atoms with van der Waals surface area (Å²) in [6, 6.07) is 5.66. The molecule has 0 saturated heterocycles. The van der Waals surface area contributed by atoms with Crippen LogP contribution >= 0.6 is 0 Å². The van der Waals surface area contributed by atoms with Gasteiger partial charge in [-0.25, -0.2) is 0 Å². The molecule has 0 amide bonds. The van der Waals surface area contributed by atoms with Crippen LogP contribution in [-0.4, -0.2) is 10.1 Å². The number of benzene rings is 1. The Kier molecular flexibility index (Phi) is 2.64. The largest absolute Gasteiger partial charge is 0.399 e. The van der Waals surface area contributed by atoms with Gasteiger partial charge in [0.1, 0.15) is 0 Å². The van der Waals surface area contributed by atoms with Crippen LogP contribution in [0.25, 0.3) is 11.5 Å². The molecule has 0 unspecified atom stereocenters. The van der Waals surface area contributed by atoms with Gasteiger partial charge in [-0.15, -0.1) is 0 Å². The molecule has 0 radical (unpaired) electrons. The zero-order valence-corrected chi connectivity index (χ0v) is 9.69. The van der Waals surface area contributed by atoms with Crippen molar-refractivity contribution < 1.29 is 4.52 Å².